The normalized spacial score (nSPS) is 32.1. The molecular formula is C13H19N3OS. The van der Waals surface area contributed by atoms with Crippen molar-refractivity contribution >= 4 is 17.4 Å². The third-order valence-electron chi connectivity index (χ3n) is 4.57. The third kappa shape index (κ3) is 2.05. The first kappa shape index (κ1) is 12.1. The van der Waals surface area contributed by atoms with Crippen LogP contribution in [0.2, 0.25) is 0 Å². The standard InChI is InChI=1S/C13H19N3OS/c1-9-6-7-16(11-5-3-2-4-10(9)11)13(17)12-8-14-15-18-12/h8-11H,2-7H2,1H3/t9-,10+,11+/m1/s1. The van der Waals surface area contributed by atoms with E-state index in [2.05, 4.69) is 21.4 Å². The van der Waals surface area contributed by atoms with E-state index in [9.17, 15) is 4.79 Å². The lowest BCUT2D eigenvalue weighted by Gasteiger charge is -2.47. The number of rotatable bonds is 1. The van der Waals surface area contributed by atoms with Crippen LogP contribution in [0.5, 0.6) is 0 Å². The van der Waals surface area contributed by atoms with Crippen molar-refractivity contribution in [3.63, 3.8) is 0 Å². The van der Waals surface area contributed by atoms with Gasteiger partial charge in [-0.2, -0.15) is 0 Å². The molecule has 1 aliphatic heterocycles. The molecule has 0 spiro atoms. The second kappa shape index (κ2) is 4.96. The molecule has 0 radical (unpaired) electrons. The van der Waals surface area contributed by atoms with E-state index in [0.717, 1.165) is 18.9 Å². The summed E-state index contributed by atoms with van der Waals surface area (Å²) in [6.07, 6.45) is 7.79. The zero-order chi connectivity index (χ0) is 12.5. The molecule has 1 saturated heterocycles. The van der Waals surface area contributed by atoms with Crippen molar-refractivity contribution in [3.8, 4) is 0 Å². The van der Waals surface area contributed by atoms with Crippen LogP contribution in [-0.2, 0) is 0 Å². The average molecular weight is 265 g/mol. The van der Waals surface area contributed by atoms with Gasteiger partial charge in [-0.1, -0.05) is 24.3 Å². The van der Waals surface area contributed by atoms with Gasteiger partial charge < -0.3 is 4.90 Å². The van der Waals surface area contributed by atoms with E-state index in [1.807, 2.05) is 0 Å². The number of carbonyl (C=O) groups excluding carboxylic acids is 1. The topological polar surface area (TPSA) is 46.1 Å². The second-order valence-electron chi connectivity index (χ2n) is 5.56. The fourth-order valence-electron chi connectivity index (χ4n) is 3.57. The van der Waals surface area contributed by atoms with Gasteiger partial charge in [-0.3, -0.25) is 4.79 Å². The van der Waals surface area contributed by atoms with Crippen molar-refractivity contribution in [1.29, 1.82) is 0 Å². The summed E-state index contributed by atoms with van der Waals surface area (Å²) in [5.74, 6) is 1.62. The van der Waals surface area contributed by atoms with Gasteiger partial charge in [0.1, 0.15) is 4.88 Å². The number of aromatic nitrogens is 2. The molecule has 3 atom stereocenters. The van der Waals surface area contributed by atoms with Gasteiger partial charge in [0.2, 0.25) is 0 Å². The minimum atomic E-state index is 0.147. The van der Waals surface area contributed by atoms with Crippen LogP contribution in [0.15, 0.2) is 6.20 Å². The fraction of sp³-hybridized carbons (Fsp3) is 0.769. The first-order valence-electron chi connectivity index (χ1n) is 6.85. The molecule has 4 nitrogen and oxygen atoms in total. The maximum absolute atomic E-state index is 12.5. The van der Waals surface area contributed by atoms with Crippen molar-refractivity contribution in [2.45, 2.75) is 45.1 Å². The highest BCUT2D eigenvalue weighted by molar-refractivity contribution is 7.07. The van der Waals surface area contributed by atoms with Crippen molar-refractivity contribution in [2.75, 3.05) is 6.54 Å². The second-order valence-corrected chi connectivity index (χ2v) is 6.35. The SMILES string of the molecule is C[C@@H]1CCN(C(=O)c2cnns2)[C@H]2CCCC[C@@H]12. The maximum Gasteiger partial charge on any atom is 0.267 e. The minimum absolute atomic E-state index is 0.147. The van der Waals surface area contributed by atoms with Crippen molar-refractivity contribution in [3.05, 3.63) is 11.1 Å². The molecule has 1 aliphatic carbocycles. The highest BCUT2D eigenvalue weighted by Gasteiger charge is 2.39. The predicted molar refractivity (Wildman–Crippen MR) is 70.5 cm³/mol. The molecule has 2 aliphatic rings. The summed E-state index contributed by atoms with van der Waals surface area (Å²) >= 11 is 1.21. The van der Waals surface area contributed by atoms with Crippen molar-refractivity contribution in [2.24, 2.45) is 11.8 Å². The summed E-state index contributed by atoms with van der Waals surface area (Å²) in [5.41, 5.74) is 0. The van der Waals surface area contributed by atoms with Crippen LogP contribution in [0.4, 0.5) is 0 Å². The highest BCUT2D eigenvalue weighted by Crippen LogP contribution is 2.39. The number of fused-ring (bicyclic) bond motifs is 1. The van der Waals surface area contributed by atoms with Gasteiger partial charge in [0, 0.05) is 12.6 Å². The lowest BCUT2D eigenvalue weighted by Crippen LogP contribution is -2.52. The van der Waals surface area contributed by atoms with Crippen LogP contribution in [0.1, 0.15) is 48.7 Å². The van der Waals surface area contributed by atoms with Gasteiger partial charge in [-0.15, -0.1) is 5.10 Å². The number of nitrogens with zero attached hydrogens (tertiary/aromatic N) is 3. The Morgan fingerprint density at radius 2 is 2.22 bits per heavy atom. The van der Waals surface area contributed by atoms with E-state index in [-0.39, 0.29) is 5.91 Å². The lowest BCUT2D eigenvalue weighted by molar-refractivity contribution is 0.0221. The molecule has 1 saturated carbocycles. The van der Waals surface area contributed by atoms with E-state index in [1.54, 1.807) is 6.20 Å². The molecule has 0 N–H and O–H groups in total. The highest BCUT2D eigenvalue weighted by atomic mass is 32.1. The zero-order valence-electron chi connectivity index (χ0n) is 10.7. The Labute approximate surface area is 112 Å². The monoisotopic (exact) mass is 265 g/mol. The Kier molecular flexibility index (Phi) is 3.33. The number of hydrogen-bond acceptors (Lipinski definition) is 4. The predicted octanol–water partition coefficient (Wildman–Crippen LogP) is 2.58. The number of carbonyl (C=O) groups is 1. The average Bonchev–Trinajstić information content (AvgIpc) is 2.93. The largest absolute Gasteiger partial charge is 0.335 e. The van der Waals surface area contributed by atoms with E-state index >= 15 is 0 Å². The number of hydrogen-bond donors (Lipinski definition) is 0. The van der Waals surface area contributed by atoms with Crippen LogP contribution in [0.25, 0.3) is 0 Å². The van der Waals surface area contributed by atoms with Crippen LogP contribution in [0, 0.1) is 11.8 Å². The van der Waals surface area contributed by atoms with E-state index in [0.29, 0.717) is 16.8 Å². The van der Waals surface area contributed by atoms with Gasteiger partial charge in [0.05, 0.1) is 6.20 Å². The van der Waals surface area contributed by atoms with Crippen molar-refractivity contribution < 1.29 is 4.79 Å². The maximum atomic E-state index is 12.5. The van der Waals surface area contributed by atoms with E-state index in [1.165, 1.54) is 37.2 Å². The molecule has 98 valence electrons. The van der Waals surface area contributed by atoms with Gasteiger partial charge in [-0.05, 0) is 42.6 Å². The van der Waals surface area contributed by atoms with Crippen LogP contribution in [0.3, 0.4) is 0 Å². The first-order valence-corrected chi connectivity index (χ1v) is 7.63. The van der Waals surface area contributed by atoms with Crippen molar-refractivity contribution in [1.82, 2.24) is 14.5 Å². The minimum Gasteiger partial charge on any atom is -0.335 e. The Hall–Kier alpha value is -0.970. The lowest BCUT2D eigenvalue weighted by atomic mass is 9.72. The smallest absolute Gasteiger partial charge is 0.267 e. The summed E-state index contributed by atoms with van der Waals surface area (Å²) in [5, 5.41) is 3.78. The summed E-state index contributed by atoms with van der Waals surface area (Å²) in [6, 6.07) is 0.456. The van der Waals surface area contributed by atoms with Crippen LogP contribution < -0.4 is 0 Å². The molecule has 2 fully saturated rings. The van der Waals surface area contributed by atoms with Gasteiger partial charge >= 0.3 is 0 Å². The molecule has 1 amide bonds. The van der Waals surface area contributed by atoms with Gasteiger partial charge in [0.15, 0.2) is 0 Å². The number of likely N-dealkylation sites (tertiary alicyclic amines) is 1. The van der Waals surface area contributed by atoms with Crippen LogP contribution >= 0.6 is 11.5 Å². The Morgan fingerprint density at radius 3 is 3.00 bits per heavy atom. The molecule has 0 aromatic carbocycles. The van der Waals surface area contributed by atoms with Gasteiger partial charge in [0.25, 0.3) is 5.91 Å². The summed E-state index contributed by atoms with van der Waals surface area (Å²) < 4.78 is 3.80. The van der Waals surface area contributed by atoms with Crippen LogP contribution in [-0.4, -0.2) is 33.0 Å². The Bertz CT molecular complexity index is 420. The Balaban J connectivity index is 1.81. The number of piperidine rings is 1. The summed E-state index contributed by atoms with van der Waals surface area (Å²) in [7, 11) is 0. The molecule has 18 heavy (non-hydrogen) atoms. The molecule has 0 bridgehead atoms. The fourth-order valence-corrected chi connectivity index (χ4v) is 4.04. The van der Waals surface area contributed by atoms with E-state index in [4.69, 9.17) is 0 Å². The molecule has 2 heterocycles. The number of amides is 1. The molecular weight excluding hydrogens is 246 g/mol. The third-order valence-corrected chi connectivity index (χ3v) is 5.22. The first-order chi connectivity index (χ1) is 8.77. The quantitative estimate of drug-likeness (QED) is 0.784. The van der Waals surface area contributed by atoms with E-state index < -0.39 is 0 Å². The molecule has 5 heteroatoms. The molecule has 1 aromatic heterocycles. The van der Waals surface area contributed by atoms with Gasteiger partial charge in [-0.25, -0.2) is 0 Å². The molecule has 3 rings (SSSR count). The molecule has 1 aromatic rings. The Morgan fingerprint density at radius 1 is 1.39 bits per heavy atom. The molecule has 0 unspecified atom stereocenters. The summed E-state index contributed by atoms with van der Waals surface area (Å²) in [6.45, 7) is 3.25. The zero-order valence-corrected chi connectivity index (χ0v) is 11.5. The summed E-state index contributed by atoms with van der Waals surface area (Å²) in [4.78, 5) is 15.3.